The van der Waals surface area contributed by atoms with Gasteiger partial charge in [-0.3, -0.25) is 4.99 Å². The second kappa shape index (κ2) is 7.70. The number of nitrogen functional groups attached to an aromatic ring is 1. The standard InChI is InChI=1S/C16H24N4O2/c1-3-19-11-12(10-17)13-8-14(18)16(21-2)9-15(13)20-4-6-22-7-5-20/h8-11H,3-7,17-18H2,1-2H3. The molecular formula is C16H24N4O2. The highest BCUT2D eigenvalue weighted by Gasteiger charge is 2.19. The number of benzene rings is 1. The zero-order valence-corrected chi connectivity index (χ0v) is 13.2. The van der Waals surface area contributed by atoms with Gasteiger partial charge >= 0.3 is 0 Å². The molecule has 0 radical (unpaired) electrons. The van der Waals surface area contributed by atoms with Crippen LogP contribution in [0.25, 0.3) is 5.57 Å². The van der Waals surface area contributed by atoms with Crippen molar-refractivity contribution in [1.82, 2.24) is 0 Å². The largest absolute Gasteiger partial charge is 0.495 e. The molecule has 22 heavy (non-hydrogen) atoms. The van der Waals surface area contributed by atoms with Gasteiger partial charge in [0.15, 0.2) is 0 Å². The van der Waals surface area contributed by atoms with E-state index in [-0.39, 0.29) is 0 Å². The van der Waals surface area contributed by atoms with Crippen molar-refractivity contribution in [3.05, 3.63) is 23.9 Å². The quantitative estimate of drug-likeness (QED) is 0.636. The number of nitrogens with two attached hydrogens (primary N) is 2. The lowest BCUT2D eigenvalue weighted by Gasteiger charge is -2.31. The monoisotopic (exact) mass is 304 g/mol. The van der Waals surface area contributed by atoms with Crippen LogP contribution in [0.1, 0.15) is 12.5 Å². The first kappa shape index (κ1) is 16.2. The average molecular weight is 304 g/mol. The number of anilines is 2. The second-order valence-electron chi connectivity index (χ2n) is 4.96. The van der Waals surface area contributed by atoms with Crippen molar-refractivity contribution in [2.24, 2.45) is 10.7 Å². The summed E-state index contributed by atoms with van der Waals surface area (Å²) in [6, 6.07) is 3.85. The molecule has 0 aromatic heterocycles. The van der Waals surface area contributed by atoms with Gasteiger partial charge in [0, 0.05) is 54.9 Å². The summed E-state index contributed by atoms with van der Waals surface area (Å²) in [4.78, 5) is 6.54. The molecule has 120 valence electrons. The van der Waals surface area contributed by atoms with Crippen LogP contribution in [0.4, 0.5) is 11.4 Å². The van der Waals surface area contributed by atoms with Crippen LogP contribution in [0.15, 0.2) is 23.3 Å². The Morgan fingerprint density at radius 3 is 2.73 bits per heavy atom. The number of nitrogens with zero attached hydrogens (tertiary/aromatic N) is 2. The lowest BCUT2D eigenvalue weighted by atomic mass is 10.0. The van der Waals surface area contributed by atoms with E-state index in [0.29, 0.717) is 31.2 Å². The van der Waals surface area contributed by atoms with E-state index < -0.39 is 0 Å². The summed E-state index contributed by atoms with van der Waals surface area (Å²) < 4.78 is 10.8. The third-order valence-electron chi connectivity index (χ3n) is 3.60. The predicted octanol–water partition coefficient (Wildman–Crippen LogP) is 1.50. The Hall–Kier alpha value is -2.21. The fourth-order valence-corrected chi connectivity index (χ4v) is 2.45. The molecule has 1 saturated heterocycles. The lowest BCUT2D eigenvalue weighted by molar-refractivity contribution is 0.122. The van der Waals surface area contributed by atoms with Crippen molar-refractivity contribution >= 4 is 23.2 Å². The zero-order chi connectivity index (χ0) is 15.9. The molecule has 6 nitrogen and oxygen atoms in total. The van der Waals surface area contributed by atoms with Gasteiger partial charge in [-0.2, -0.15) is 0 Å². The van der Waals surface area contributed by atoms with Crippen LogP contribution < -0.4 is 21.1 Å². The van der Waals surface area contributed by atoms with Crippen molar-refractivity contribution < 1.29 is 9.47 Å². The summed E-state index contributed by atoms with van der Waals surface area (Å²) in [6.45, 7) is 5.74. The normalized spacial score (nSPS) is 16.3. The highest BCUT2D eigenvalue weighted by molar-refractivity contribution is 6.12. The third kappa shape index (κ3) is 3.51. The van der Waals surface area contributed by atoms with Crippen LogP contribution in [-0.4, -0.2) is 46.2 Å². The Labute approximate surface area is 131 Å². The Kier molecular flexibility index (Phi) is 5.66. The topological polar surface area (TPSA) is 86.1 Å². The van der Waals surface area contributed by atoms with Gasteiger partial charge in [-0.25, -0.2) is 0 Å². The first-order valence-electron chi connectivity index (χ1n) is 7.43. The van der Waals surface area contributed by atoms with E-state index >= 15 is 0 Å². The van der Waals surface area contributed by atoms with Gasteiger partial charge in [0.05, 0.1) is 26.0 Å². The van der Waals surface area contributed by atoms with Gasteiger partial charge in [-0.15, -0.1) is 0 Å². The second-order valence-corrected chi connectivity index (χ2v) is 4.96. The van der Waals surface area contributed by atoms with E-state index in [1.54, 1.807) is 19.5 Å². The summed E-state index contributed by atoms with van der Waals surface area (Å²) in [5.74, 6) is 0.661. The molecule has 1 aliphatic heterocycles. The first-order chi connectivity index (χ1) is 10.7. The maximum atomic E-state index is 6.07. The number of rotatable bonds is 5. The number of hydrogen-bond acceptors (Lipinski definition) is 6. The summed E-state index contributed by atoms with van der Waals surface area (Å²) >= 11 is 0. The molecule has 0 amide bonds. The first-order valence-corrected chi connectivity index (χ1v) is 7.43. The SMILES string of the molecule is CCN=CC(=CN)c1cc(N)c(OC)cc1N1CCOCC1. The number of methoxy groups -OCH3 is 1. The lowest BCUT2D eigenvalue weighted by Crippen LogP contribution is -2.36. The smallest absolute Gasteiger partial charge is 0.143 e. The Balaban J connectivity index is 2.49. The number of allylic oxidation sites excluding steroid dienone is 1. The average Bonchev–Trinajstić information content (AvgIpc) is 2.56. The summed E-state index contributed by atoms with van der Waals surface area (Å²) in [5, 5.41) is 0. The van der Waals surface area contributed by atoms with Crippen LogP contribution in [0, 0.1) is 0 Å². The molecule has 4 N–H and O–H groups in total. The minimum absolute atomic E-state index is 0.582. The van der Waals surface area contributed by atoms with Gasteiger partial charge in [-0.1, -0.05) is 0 Å². The molecular weight excluding hydrogens is 280 g/mol. The number of hydrogen-bond donors (Lipinski definition) is 2. The van der Waals surface area contributed by atoms with Crippen LogP contribution in [0.5, 0.6) is 5.75 Å². The van der Waals surface area contributed by atoms with E-state index in [9.17, 15) is 0 Å². The molecule has 1 aromatic carbocycles. The van der Waals surface area contributed by atoms with Gasteiger partial charge in [0.1, 0.15) is 5.75 Å². The van der Waals surface area contributed by atoms with Gasteiger partial charge in [0.25, 0.3) is 0 Å². The molecule has 1 aromatic rings. The van der Waals surface area contributed by atoms with E-state index in [1.165, 1.54) is 0 Å². The summed E-state index contributed by atoms with van der Waals surface area (Å²) in [5.41, 5.74) is 15.3. The molecule has 0 bridgehead atoms. The molecule has 0 saturated carbocycles. The molecule has 2 rings (SSSR count). The van der Waals surface area contributed by atoms with E-state index in [4.69, 9.17) is 20.9 Å². The van der Waals surface area contributed by atoms with Gasteiger partial charge in [-0.05, 0) is 13.0 Å². The van der Waals surface area contributed by atoms with Crippen LogP contribution >= 0.6 is 0 Å². The molecule has 6 heteroatoms. The van der Waals surface area contributed by atoms with Crippen molar-refractivity contribution in [2.75, 3.05) is 50.6 Å². The number of aliphatic imine (C=N–C) groups is 1. The Morgan fingerprint density at radius 2 is 2.14 bits per heavy atom. The summed E-state index contributed by atoms with van der Waals surface area (Å²) in [7, 11) is 1.62. The third-order valence-corrected chi connectivity index (χ3v) is 3.60. The van der Waals surface area contributed by atoms with E-state index in [0.717, 1.165) is 29.9 Å². The molecule has 0 unspecified atom stereocenters. The number of morpholine rings is 1. The minimum Gasteiger partial charge on any atom is -0.495 e. The number of ether oxygens (including phenoxy) is 2. The molecule has 1 fully saturated rings. The van der Waals surface area contributed by atoms with Crippen molar-refractivity contribution in [2.45, 2.75) is 6.92 Å². The predicted molar refractivity (Wildman–Crippen MR) is 91.6 cm³/mol. The van der Waals surface area contributed by atoms with Crippen LogP contribution in [-0.2, 0) is 4.74 Å². The van der Waals surface area contributed by atoms with E-state index in [1.807, 2.05) is 19.1 Å². The van der Waals surface area contributed by atoms with Gasteiger partial charge in [0.2, 0.25) is 0 Å². The molecule has 1 aliphatic rings. The molecule has 0 spiro atoms. The fourth-order valence-electron chi connectivity index (χ4n) is 2.45. The minimum atomic E-state index is 0.582. The van der Waals surface area contributed by atoms with Crippen LogP contribution in [0.3, 0.4) is 0 Å². The molecule has 0 atom stereocenters. The molecule has 1 heterocycles. The van der Waals surface area contributed by atoms with Crippen molar-refractivity contribution in [3.63, 3.8) is 0 Å². The fraction of sp³-hybridized carbons (Fsp3) is 0.438. The Bertz CT molecular complexity index is 564. The van der Waals surface area contributed by atoms with Gasteiger partial charge < -0.3 is 25.8 Å². The molecule has 0 aliphatic carbocycles. The zero-order valence-electron chi connectivity index (χ0n) is 13.2. The highest BCUT2D eigenvalue weighted by atomic mass is 16.5. The highest BCUT2D eigenvalue weighted by Crippen LogP contribution is 2.35. The van der Waals surface area contributed by atoms with Crippen molar-refractivity contribution in [1.29, 1.82) is 0 Å². The Morgan fingerprint density at radius 1 is 1.41 bits per heavy atom. The van der Waals surface area contributed by atoms with Crippen molar-refractivity contribution in [3.8, 4) is 5.75 Å². The maximum absolute atomic E-state index is 6.07. The maximum Gasteiger partial charge on any atom is 0.143 e. The van der Waals surface area contributed by atoms with E-state index in [2.05, 4.69) is 9.89 Å². The van der Waals surface area contributed by atoms with Crippen LogP contribution in [0.2, 0.25) is 0 Å². The summed E-state index contributed by atoms with van der Waals surface area (Å²) in [6.07, 6.45) is 3.34.